The lowest BCUT2D eigenvalue weighted by Gasteiger charge is -2.35. The standard InChI is InChI=1S/C65H43NO/c1-4-16-44(17-5-1)46-28-31-47(32-29-46)55-24-12-14-26-62(55)66(53-36-39-64-59(42-53)58-25-13-15-27-63(58)67-64)54-35-38-57-56-37-34-50(49-33-30-45-18-10-11-19-48(45)40-49)41-60(56)65(61(57)43-54,51-20-6-2-7-21-51)52-22-8-3-9-23-52/h1-43H. The third kappa shape index (κ3) is 6.33. The summed E-state index contributed by atoms with van der Waals surface area (Å²) in [5.41, 5.74) is 18.9. The first-order chi connectivity index (χ1) is 33.2. The molecule has 0 bridgehead atoms. The number of furan rings is 1. The molecule has 0 fully saturated rings. The van der Waals surface area contributed by atoms with E-state index in [1.807, 2.05) is 6.07 Å². The van der Waals surface area contributed by atoms with E-state index in [9.17, 15) is 0 Å². The Kier molecular flexibility index (Phi) is 9.11. The summed E-state index contributed by atoms with van der Waals surface area (Å²) in [4.78, 5) is 2.45. The van der Waals surface area contributed by atoms with Crippen molar-refractivity contribution in [3.8, 4) is 44.5 Å². The number of fused-ring (bicyclic) bond motifs is 7. The van der Waals surface area contributed by atoms with Gasteiger partial charge in [-0.25, -0.2) is 0 Å². The molecule has 12 aromatic rings. The molecule has 0 saturated heterocycles. The highest BCUT2D eigenvalue weighted by atomic mass is 16.3. The predicted molar refractivity (Wildman–Crippen MR) is 280 cm³/mol. The summed E-state index contributed by atoms with van der Waals surface area (Å²) in [5.74, 6) is 0. The first-order valence-electron chi connectivity index (χ1n) is 23.1. The Morgan fingerprint density at radius 1 is 0.299 bits per heavy atom. The lowest BCUT2D eigenvalue weighted by molar-refractivity contribution is 0.669. The maximum atomic E-state index is 6.41. The number of para-hydroxylation sites is 2. The summed E-state index contributed by atoms with van der Waals surface area (Å²) in [6.07, 6.45) is 0. The molecule has 314 valence electrons. The smallest absolute Gasteiger partial charge is 0.135 e. The van der Waals surface area contributed by atoms with Gasteiger partial charge in [-0.3, -0.25) is 0 Å². The second-order valence-electron chi connectivity index (χ2n) is 17.6. The van der Waals surface area contributed by atoms with E-state index in [4.69, 9.17) is 4.42 Å². The van der Waals surface area contributed by atoms with E-state index in [1.165, 1.54) is 66.4 Å². The molecule has 1 aliphatic carbocycles. The molecule has 0 unspecified atom stereocenters. The van der Waals surface area contributed by atoms with Crippen molar-refractivity contribution in [1.29, 1.82) is 0 Å². The Morgan fingerprint density at radius 3 is 1.60 bits per heavy atom. The molecular formula is C65H43NO. The van der Waals surface area contributed by atoms with Crippen LogP contribution in [0.15, 0.2) is 265 Å². The Bertz CT molecular complexity index is 3760. The molecule has 0 radical (unpaired) electrons. The Hall–Kier alpha value is -8.72. The fourth-order valence-corrected chi connectivity index (χ4v) is 10.8. The highest BCUT2D eigenvalue weighted by Crippen LogP contribution is 2.58. The molecule has 0 N–H and O–H groups in total. The quantitative estimate of drug-likeness (QED) is 0.151. The van der Waals surface area contributed by atoms with Crippen LogP contribution in [-0.4, -0.2) is 0 Å². The number of anilines is 3. The zero-order chi connectivity index (χ0) is 44.3. The maximum Gasteiger partial charge on any atom is 0.135 e. The Labute approximate surface area is 390 Å². The lowest BCUT2D eigenvalue weighted by Crippen LogP contribution is -2.28. The van der Waals surface area contributed by atoms with Gasteiger partial charge in [0.15, 0.2) is 0 Å². The first kappa shape index (κ1) is 38.7. The second-order valence-corrected chi connectivity index (χ2v) is 17.6. The van der Waals surface area contributed by atoms with E-state index in [1.54, 1.807) is 0 Å². The van der Waals surface area contributed by atoms with Gasteiger partial charge in [-0.1, -0.05) is 206 Å². The SMILES string of the molecule is c1ccc(-c2ccc(-c3ccccc3N(c3ccc4c(c3)C(c3ccccc3)(c3ccccc3)c3cc(-c5ccc6ccccc6c5)ccc3-4)c3ccc4oc5ccccc5c4c3)cc2)cc1. The van der Waals surface area contributed by atoms with Crippen molar-refractivity contribution in [2.45, 2.75) is 5.41 Å². The number of hydrogen-bond acceptors (Lipinski definition) is 2. The van der Waals surface area contributed by atoms with Crippen molar-refractivity contribution < 1.29 is 4.42 Å². The van der Waals surface area contributed by atoms with Crippen molar-refractivity contribution in [3.05, 3.63) is 283 Å². The van der Waals surface area contributed by atoms with Gasteiger partial charge in [-0.15, -0.1) is 0 Å². The molecule has 0 spiro atoms. The molecule has 2 heteroatoms. The number of nitrogens with zero attached hydrogens (tertiary/aromatic N) is 1. The van der Waals surface area contributed by atoms with Gasteiger partial charge in [0.2, 0.25) is 0 Å². The van der Waals surface area contributed by atoms with Crippen LogP contribution in [0.2, 0.25) is 0 Å². The third-order valence-corrected chi connectivity index (χ3v) is 13.9. The van der Waals surface area contributed by atoms with Gasteiger partial charge in [0.25, 0.3) is 0 Å². The minimum absolute atomic E-state index is 0.626. The highest BCUT2D eigenvalue weighted by Gasteiger charge is 2.46. The lowest BCUT2D eigenvalue weighted by atomic mass is 9.67. The van der Waals surface area contributed by atoms with Crippen LogP contribution in [0.4, 0.5) is 17.1 Å². The van der Waals surface area contributed by atoms with E-state index in [0.29, 0.717) is 0 Å². The molecule has 1 aromatic heterocycles. The highest BCUT2D eigenvalue weighted by molar-refractivity contribution is 6.07. The molecule has 0 amide bonds. The van der Waals surface area contributed by atoms with Crippen molar-refractivity contribution in [3.63, 3.8) is 0 Å². The van der Waals surface area contributed by atoms with Crippen LogP contribution < -0.4 is 4.90 Å². The molecule has 67 heavy (non-hydrogen) atoms. The van der Waals surface area contributed by atoms with Crippen LogP contribution in [0.1, 0.15) is 22.3 Å². The van der Waals surface area contributed by atoms with Crippen molar-refractivity contribution >= 4 is 49.8 Å². The largest absolute Gasteiger partial charge is 0.456 e. The zero-order valence-electron chi connectivity index (χ0n) is 36.7. The van der Waals surface area contributed by atoms with Crippen LogP contribution in [0.25, 0.3) is 77.2 Å². The average molecular weight is 854 g/mol. The third-order valence-electron chi connectivity index (χ3n) is 13.9. The molecule has 1 heterocycles. The number of benzene rings is 11. The average Bonchev–Trinajstić information content (AvgIpc) is 3.92. The topological polar surface area (TPSA) is 16.4 Å². The fourth-order valence-electron chi connectivity index (χ4n) is 10.8. The van der Waals surface area contributed by atoms with Gasteiger partial charge in [-0.05, 0) is 127 Å². The summed E-state index contributed by atoms with van der Waals surface area (Å²) in [6.45, 7) is 0. The minimum Gasteiger partial charge on any atom is -0.456 e. The molecule has 0 atom stereocenters. The zero-order valence-corrected chi connectivity index (χ0v) is 36.7. The molecule has 0 saturated carbocycles. The first-order valence-corrected chi connectivity index (χ1v) is 23.1. The van der Waals surface area contributed by atoms with Crippen LogP contribution in [0.5, 0.6) is 0 Å². The Balaban J connectivity index is 1.05. The van der Waals surface area contributed by atoms with E-state index in [-0.39, 0.29) is 0 Å². The monoisotopic (exact) mass is 853 g/mol. The second kappa shape index (κ2) is 15.8. The van der Waals surface area contributed by atoms with Gasteiger partial charge in [0, 0.05) is 27.7 Å². The van der Waals surface area contributed by atoms with Gasteiger partial charge >= 0.3 is 0 Å². The predicted octanol–water partition coefficient (Wildman–Crippen LogP) is 17.6. The summed E-state index contributed by atoms with van der Waals surface area (Å²) in [6, 6.07) is 95.4. The van der Waals surface area contributed by atoms with E-state index in [2.05, 4.69) is 260 Å². The van der Waals surface area contributed by atoms with E-state index >= 15 is 0 Å². The maximum absolute atomic E-state index is 6.41. The van der Waals surface area contributed by atoms with Gasteiger partial charge in [-0.2, -0.15) is 0 Å². The molecule has 1 aliphatic rings. The van der Waals surface area contributed by atoms with Crippen LogP contribution in [0.3, 0.4) is 0 Å². The van der Waals surface area contributed by atoms with Gasteiger partial charge in [0.1, 0.15) is 11.2 Å². The molecular weight excluding hydrogens is 811 g/mol. The minimum atomic E-state index is -0.626. The van der Waals surface area contributed by atoms with Crippen LogP contribution >= 0.6 is 0 Å². The van der Waals surface area contributed by atoms with Crippen LogP contribution in [-0.2, 0) is 5.41 Å². The molecule has 0 aliphatic heterocycles. The fraction of sp³-hybridized carbons (Fsp3) is 0.0154. The van der Waals surface area contributed by atoms with Gasteiger partial charge < -0.3 is 9.32 Å². The molecule has 11 aromatic carbocycles. The number of hydrogen-bond donors (Lipinski definition) is 0. The summed E-state index contributed by atoms with van der Waals surface area (Å²) >= 11 is 0. The van der Waals surface area contributed by atoms with Crippen molar-refractivity contribution in [2.75, 3.05) is 4.90 Å². The van der Waals surface area contributed by atoms with Crippen molar-refractivity contribution in [1.82, 2.24) is 0 Å². The molecule has 2 nitrogen and oxygen atoms in total. The van der Waals surface area contributed by atoms with E-state index < -0.39 is 5.41 Å². The molecule has 13 rings (SSSR count). The summed E-state index contributed by atoms with van der Waals surface area (Å²) < 4.78 is 6.41. The van der Waals surface area contributed by atoms with E-state index in [0.717, 1.165) is 50.1 Å². The number of rotatable bonds is 8. The van der Waals surface area contributed by atoms with Gasteiger partial charge in [0.05, 0.1) is 11.1 Å². The Morgan fingerprint density at radius 2 is 0.821 bits per heavy atom. The summed E-state index contributed by atoms with van der Waals surface area (Å²) in [7, 11) is 0. The van der Waals surface area contributed by atoms with Crippen LogP contribution in [0, 0.1) is 0 Å². The van der Waals surface area contributed by atoms with Crippen molar-refractivity contribution in [2.24, 2.45) is 0 Å². The normalized spacial score (nSPS) is 12.6. The summed E-state index contributed by atoms with van der Waals surface area (Å²) in [5, 5.41) is 4.66.